The Labute approximate surface area is 198 Å². The van der Waals surface area contributed by atoms with E-state index in [-0.39, 0.29) is 36.2 Å². The molecule has 0 heterocycles. The van der Waals surface area contributed by atoms with Crippen molar-refractivity contribution in [3.63, 3.8) is 0 Å². The minimum Gasteiger partial charge on any atom is -0.483 e. The summed E-state index contributed by atoms with van der Waals surface area (Å²) in [5.41, 5.74) is 1.87. The highest BCUT2D eigenvalue weighted by Crippen LogP contribution is 2.31. The Morgan fingerprint density at radius 3 is 2.31 bits per heavy atom. The fourth-order valence-electron chi connectivity index (χ4n) is 3.30. The van der Waals surface area contributed by atoms with Crippen LogP contribution < -0.4 is 10.1 Å². The second-order valence-electron chi connectivity index (χ2n) is 8.65. The molecule has 2 aromatic rings. The molecular formula is C25H32BrFN2O3. The molecule has 0 saturated heterocycles. The molecule has 1 N–H and O–H groups in total. The van der Waals surface area contributed by atoms with Gasteiger partial charge in [-0.3, -0.25) is 9.59 Å². The standard InChI is InChI=1S/C25H32BrFN2O3/c1-6-21(24(31)28-7-2)29(15-17-8-11-19(27)12-9-17)23(30)16-32-22-13-10-18(14-20(22)26)25(3,4)5/h8-14,21H,6-7,15-16H2,1-5H3,(H,28,31). The molecule has 5 nitrogen and oxygen atoms in total. The normalized spacial score (nSPS) is 12.2. The number of benzene rings is 2. The lowest BCUT2D eigenvalue weighted by Crippen LogP contribution is -2.50. The number of nitrogens with one attached hydrogen (secondary N) is 1. The predicted octanol–water partition coefficient (Wildman–Crippen LogP) is 5.21. The van der Waals surface area contributed by atoms with Crippen molar-refractivity contribution in [3.8, 4) is 5.75 Å². The summed E-state index contributed by atoms with van der Waals surface area (Å²) in [6.45, 7) is 10.5. The highest BCUT2D eigenvalue weighted by molar-refractivity contribution is 9.10. The maximum atomic E-state index is 13.3. The Hall–Kier alpha value is -2.41. The lowest BCUT2D eigenvalue weighted by atomic mass is 9.87. The van der Waals surface area contributed by atoms with Crippen molar-refractivity contribution in [2.45, 2.75) is 59.0 Å². The van der Waals surface area contributed by atoms with Crippen LogP contribution in [0.4, 0.5) is 4.39 Å². The van der Waals surface area contributed by atoms with Crippen molar-refractivity contribution in [3.05, 3.63) is 63.9 Å². The summed E-state index contributed by atoms with van der Waals surface area (Å²) in [4.78, 5) is 27.3. The Morgan fingerprint density at radius 2 is 1.78 bits per heavy atom. The van der Waals surface area contributed by atoms with Crippen LogP contribution in [-0.2, 0) is 21.5 Å². The average molecular weight is 507 g/mol. The summed E-state index contributed by atoms with van der Waals surface area (Å²) >= 11 is 3.52. The van der Waals surface area contributed by atoms with Crippen molar-refractivity contribution >= 4 is 27.7 Å². The van der Waals surface area contributed by atoms with E-state index in [9.17, 15) is 14.0 Å². The maximum Gasteiger partial charge on any atom is 0.261 e. The number of hydrogen-bond donors (Lipinski definition) is 1. The van der Waals surface area contributed by atoms with Crippen molar-refractivity contribution in [1.82, 2.24) is 10.2 Å². The molecule has 0 aromatic heterocycles. The molecule has 0 spiro atoms. The number of carbonyl (C=O) groups is 2. The number of rotatable bonds is 9. The molecule has 0 fully saturated rings. The number of likely N-dealkylation sites (N-methyl/N-ethyl adjacent to an activating group) is 1. The molecular weight excluding hydrogens is 475 g/mol. The van der Waals surface area contributed by atoms with Crippen LogP contribution in [0.25, 0.3) is 0 Å². The monoisotopic (exact) mass is 506 g/mol. The van der Waals surface area contributed by atoms with E-state index in [1.807, 2.05) is 32.0 Å². The number of carbonyl (C=O) groups excluding carboxylic acids is 2. The summed E-state index contributed by atoms with van der Waals surface area (Å²) < 4.78 is 19.9. The molecule has 0 saturated carbocycles. The van der Waals surface area contributed by atoms with Gasteiger partial charge >= 0.3 is 0 Å². The largest absolute Gasteiger partial charge is 0.483 e. The van der Waals surface area contributed by atoms with Crippen molar-refractivity contribution in [2.75, 3.05) is 13.2 Å². The topological polar surface area (TPSA) is 58.6 Å². The van der Waals surface area contributed by atoms with E-state index >= 15 is 0 Å². The highest BCUT2D eigenvalue weighted by Gasteiger charge is 2.29. The fraction of sp³-hybridized carbons (Fsp3) is 0.440. The van der Waals surface area contributed by atoms with Gasteiger partial charge in [0.25, 0.3) is 5.91 Å². The average Bonchev–Trinajstić information content (AvgIpc) is 2.73. The lowest BCUT2D eigenvalue weighted by molar-refractivity contribution is -0.142. The molecule has 7 heteroatoms. The van der Waals surface area contributed by atoms with Gasteiger partial charge in [0, 0.05) is 13.1 Å². The second-order valence-corrected chi connectivity index (χ2v) is 9.50. The van der Waals surface area contributed by atoms with Crippen LogP contribution in [0.5, 0.6) is 5.75 Å². The number of halogens is 2. The fourth-order valence-corrected chi connectivity index (χ4v) is 3.80. The van der Waals surface area contributed by atoms with Crippen LogP contribution in [0.2, 0.25) is 0 Å². The van der Waals surface area contributed by atoms with Crippen molar-refractivity contribution in [2.24, 2.45) is 0 Å². The predicted molar refractivity (Wildman–Crippen MR) is 128 cm³/mol. The van der Waals surface area contributed by atoms with Gasteiger partial charge < -0.3 is 15.0 Å². The first-order valence-corrected chi connectivity index (χ1v) is 11.6. The van der Waals surface area contributed by atoms with Crippen LogP contribution in [-0.4, -0.2) is 35.9 Å². The number of ether oxygens (including phenoxy) is 1. The minimum atomic E-state index is -0.650. The molecule has 0 aliphatic heterocycles. The summed E-state index contributed by atoms with van der Waals surface area (Å²) in [5, 5.41) is 2.79. The molecule has 1 atom stereocenters. The van der Waals surface area contributed by atoms with E-state index in [2.05, 4.69) is 42.0 Å². The zero-order valence-electron chi connectivity index (χ0n) is 19.4. The highest BCUT2D eigenvalue weighted by atomic mass is 79.9. The minimum absolute atomic E-state index is 0.0101. The molecule has 0 bridgehead atoms. The van der Waals surface area contributed by atoms with Crippen molar-refractivity contribution in [1.29, 1.82) is 0 Å². The van der Waals surface area contributed by atoms with E-state index in [0.29, 0.717) is 18.7 Å². The molecule has 174 valence electrons. The van der Waals surface area contributed by atoms with E-state index in [1.54, 1.807) is 12.1 Å². The summed E-state index contributed by atoms with van der Waals surface area (Å²) in [6.07, 6.45) is 0.447. The second kappa shape index (κ2) is 11.5. The summed E-state index contributed by atoms with van der Waals surface area (Å²) in [7, 11) is 0. The van der Waals surface area contributed by atoms with Gasteiger partial charge in [0.05, 0.1) is 4.47 Å². The first kappa shape index (κ1) is 25.8. The number of amides is 2. The lowest BCUT2D eigenvalue weighted by Gasteiger charge is -2.30. The van der Waals surface area contributed by atoms with Crippen LogP contribution >= 0.6 is 15.9 Å². The van der Waals surface area contributed by atoms with Crippen LogP contribution in [0.3, 0.4) is 0 Å². The van der Waals surface area contributed by atoms with Gasteiger partial charge in [-0.15, -0.1) is 0 Å². The smallest absolute Gasteiger partial charge is 0.261 e. The zero-order chi connectivity index (χ0) is 23.9. The van der Waals surface area contributed by atoms with Gasteiger partial charge in [0.15, 0.2) is 6.61 Å². The Kier molecular flexibility index (Phi) is 9.25. The van der Waals surface area contributed by atoms with E-state index in [0.717, 1.165) is 15.6 Å². The maximum absolute atomic E-state index is 13.3. The molecule has 32 heavy (non-hydrogen) atoms. The van der Waals surface area contributed by atoms with Gasteiger partial charge in [-0.05, 0) is 70.1 Å². The SMILES string of the molecule is CCNC(=O)C(CC)N(Cc1ccc(F)cc1)C(=O)COc1ccc(C(C)(C)C)cc1Br. The van der Waals surface area contributed by atoms with Gasteiger partial charge in [0.2, 0.25) is 5.91 Å². The molecule has 1 unspecified atom stereocenters. The first-order valence-electron chi connectivity index (χ1n) is 10.8. The van der Waals surface area contributed by atoms with Crippen molar-refractivity contribution < 1.29 is 18.7 Å². The zero-order valence-corrected chi connectivity index (χ0v) is 21.0. The molecule has 0 aliphatic carbocycles. The van der Waals surface area contributed by atoms with E-state index in [4.69, 9.17) is 4.74 Å². The van der Waals surface area contributed by atoms with Gasteiger partial charge in [-0.2, -0.15) is 0 Å². The van der Waals surface area contributed by atoms with Gasteiger partial charge in [-0.1, -0.05) is 45.9 Å². The van der Waals surface area contributed by atoms with E-state index < -0.39 is 6.04 Å². The van der Waals surface area contributed by atoms with Crippen LogP contribution in [0.15, 0.2) is 46.9 Å². The first-order chi connectivity index (χ1) is 15.1. The summed E-state index contributed by atoms with van der Waals surface area (Å²) in [6, 6.07) is 11.1. The third kappa shape index (κ3) is 7.05. The quantitative estimate of drug-likeness (QED) is 0.507. The number of hydrogen-bond acceptors (Lipinski definition) is 3. The van der Waals surface area contributed by atoms with E-state index in [1.165, 1.54) is 17.0 Å². The van der Waals surface area contributed by atoms with Crippen LogP contribution in [0.1, 0.15) is 52.2 Å². The Bertz CT molecular complexity index is 926. The number of nitrogens with zero attached hydrogens (tertiary/aromatic N) is 1. The third-order valence-electron chi connectivity index (χ3n) is 5.15. The Morgan fingerprint density at radius 1 is 1.12 bits per heavy atom. The Balaban J connectivity index is 2.21. The molecule has 2 rings (SSSR count). The third-order valence-corrected chi connectivity index (χ3v) is 5.77. The molecule has 0 radical (unpaired) electrons. The summed E-state index contributed by atoms with van der Waals surface area (Å²) in [5.74, 6) is -0.339. The molecule has 0 aliphatic rings. The van der Waals surface area contributed by atoms with Crippen LogP contribution in [0, 0.1) is 5.82 Å². The van der Waals surface area contributed by atoms with Gasteiger partial charge in [-0.25, -0.2) is 4.39 Å². The molecule has 2 aromatic carbocycles. The molecule has 2 amide bonds. The van der Waals surface area contributed by atoms with Gasteiger partial charge in [0.1, 0.15) is 17.6 Å².